The molecule has 1 aliphatic carbocycles. The van der Waals surface area contributed by atoms with Crippen LogP contribution >= 0.6 is 0 Å². The average molecular weight is 475 g/mol. The summed E-state index contributed by atoms with van der Waals surface area (Å²) in [6.07, 6.45) is 11.6. The fourth-order valence-electron chi connectivity index (χ4n) is 5.68. The Morgan fingerprint density at radius 2 is 1.91 bits per heavy atom. The van der Waals surface area contributed by atoms with Crippen LogP contribution in [-0.4, -0.2) is 87.9 Å². The predicted octanol–water partition coefficient (Wildman–Crippen LogP) is 1.65. The molecule has 10 heteroatoms. The van der Waals surface area contributed by atoms with Crippen LogP contribution in [0.3, 0.4) is 0 Å². The number of piperazine rings is 2. The molecule has 1 saturated carbocycles. The molecule has 2 aromatic rings. The zero-order valence-electron chi connectivity index (χ0n) is 19.9. The number of carbonyl (C=O) groups excluding carboxylic acids is 2. The standard InChI is InChI=1S/C25H30N8O2/c1-31-10-12-32(13-11-31)23(35)18-5-7-20(26-15-18)29-24-27-14-17-4-6-19-22(34)28-16-25(8-2-3-9-25)33(19)21(17)30-24/h4-7,14-15,19H,2-3,8-13,16H2,1H3,(H,28,34)(H,26,27,29,30). The van der Waals surface area contributed by atoms with Crippen molar-refractivity contribution in [3.63, 3.8) is 0 Å². The first-order valence-electron chi connectivity index (χ1n) is 12.4. The van der Waals surface area contributed by atoms with E-state index in [0.29, 0.717) is 23.9 Å². The van der Waals surface area contributed by atoms with E-state index in [1.807, 2.05) is 17.1 Å². The second kappa shape index (κ2) is 8.60. The fraction of sp³-hybridized carbons (Fsp3) is 0.480. The first-order chi connectivity index (χ1) is 17.0. The van der Waals surface area contributed by atoms with Crippen LogP contribution in [0.15, 0.2) is 30.6 Å². The summed E-state index contributed by atoms with van der Waals surface area (Å²) in [6.45, 7) is 3.86. The number of likely N-dealkylation sites (N-methyl/N-ethyl adjacent to an activating group) is 1. The van der Waals surface area contributed by atoms with E-state index in [-0.39, 0.29) is 23.4 Å². The molecular formula is C25H30N8O2. The summed E-state index contributed by atoms with van der Waals surface area (Å²) in [5.41, 5.74) is 1.38. The van der Waals surface area contributed by atoms with E-state index >= 15 is 0 Å². The highest BCUT2D eigenvalue weighted by Gasteiger charge is 2.50. The lowest BCUT2D eigenvalue weighted by atomic mass is 9.87. The van der Waals surface area contributed by atoms with E-state index in [2.05, 4.69) is 37.4 Å². The Hall–Kier alpha value is -3.53. The van der Waals surface area contributed by atoms with Crippen LogP contribution < -0.4 is 15.5 Å². The van der Waals surface area contributed by atoms with E-state index in [1.54, 1.807) is 24.5 Å². The first-order valence-corrected chi connectivity index (χ1v) is 12.4. The summed E-state index contributed by atoms with van der Waals surface area (Å²) in [5, 5.41) is 6.28. The van der Waals surface area contributed by atoms with Gasteiger partial charge in [0.1, 0.15) is 17.7 Å². The van der Waals surface area contributed by atoms with Crippen molar-refractivity contribution in [3.05, 3.63) is 41.7 Å². The van der Waals surface area contributed by atoms with Gasteiger partial charge in [-0.2, -0.15) is 4.98 Å². The summed E-state index contributed by atoms with van der Waals surface area (Å²) in [5.74, 6) is 1.79. The normalized spacial score (nSPS) is 23.1. The third-order valence-corrected chi connectivity index (χ3v) is 7.71. The Morgan fingerprint density at radius 1 is 1.11 bits per heavy atom. The first kappa shape index (κ1) is 22.0. The minimum atomic E-state index is -0.352. The van der Waals surface area contributed by atoms with Crippen LogP contribution in [0.2, 0.25) is 0 Å². The minimum absolute atomic E-state index is 0.00486. The van der Waals surface area contributed by atoms with Crippen molar-refractivity contribution < 1.29 is 9.59 Å². The summed E-state index contributed by atoms with van der Waals surface area (Å²) >= 11 is 0. The molecule has 3 fully saturated rings. The molecule has 2 saturated heterocycles. The molecule has 0 aromatic carbocycles. The van der Waals surface area contributed by atoms with Gasteiger partial charge in [0.2, 0.25) is 11.9 Å². The maximum absolute atomic E-state index is 12.8. The second-order valence-corrected chi connectivity index (χ2v) is 9.95. The molecule has 182 valence electrons. The fourth-order valence-corrected chi connectivity index (χ4v) is 5.68. The smallest absolute Gasteiger partial charge is 0.255 e. The van der Waals surface area contributed by atoms with E-state index in [1.165, 1.54) is 0 Å². The number of rotatable bonds is 3. The molecule has 1 atom stereocenters. The number of nitrogens with one attached hydrogen (secondary N) is 2. The van der Waals surface area contributed by atoms with Gasteiger partial charge >= 0.3 is 0 Å². The number of pyridine rings is 1. The molecule has 1 unspecified atom stereocenters. The van der Waals surface area contributed by atoms with Gasteiger partial charge in [0.05, 0.1) is 11.1 Å². The van der Waals surface area contributed by atoms with Gasteiger partial charge in [0.25, 0.3) is 5.91 Å². The molecule has 35 heavy (non-hydrogen) atoms. The van der Waals surface area contributed by atoms with Crippen LogP contribution in [0.25, 0.3) is 6.08 Å². The van der Waals surface area contributed by atoms with E-state index in [9.17, 15) is 9.59 Å². The molecule has 5 heterocycles. The molecule has 6 rings (SSSR count). The van der Waals surface area contributed by atoms with Crippen molar-refractivity contribution in [2.75, 3.05) is 50.0 Å². The maximum Gasteiger partial charge on any atom is 0.255 e. The number of carbonyl (C=O) groups is 2. The lowest BCUT2D eigenvalue weighted by Gasteiger charge is -2.50. The lowest BCUT2D eigenvalue weighted by Crippen LogP contribution is -2.67. The SMILES string of the molecule is CN1CCN(C(=O)c2ccc(Nc3ncc4c(n3)N3C(C=C4)C(=O)NCC34CCCC4)nc2)CC1. The van der Waals surface area contributed by atoms with E-state index in [4.69, 9.17) is 4.98 Å². The van der Waals surface area contributed by atoms with E-state index < -0.39 is 0 Å². The molecule has 0 radical (unpaired) electrons. The third kappa shape index (κ3) is 3.91. The molecule has 0 bridgehead atoms. The van der Waals surface area contributed by atoms with Crippen molar-refractivity contribution in [1.82, 2.24) is 30.1 Å². The monoisotopic (exact) mass is 474 g/mol. The van der Waals surface area contributed by atoms with Gasteiger partial charge in [-0.25, -0.2) is 9.97 Å². The number of anilines is 3. The number of aromatic nitrogens is 3. The number of hydrogen-bond acceptors (Lipinski definition) is 8. The molecule has 2 amide bonds. The summed E-state index contributed by atoms with van der Waals surface area (Å²) in [4.78, 5) is 45.5. The lowest BCUT2D eigenvalue weighted by molar-refractivity contribution is -0.123. The highest BCUT2D eigenvalue weighted by molar-refractivity contribution is 5.94. The van der Waals surface area contributed by atoms with Gasteiger partial charge in [0, 0.05) is 50.7 Å². The van der Waals surface area contributed by atoms with Crippen molar-refractivity contribution in [1.29, 1.82) is 0 Å². The summed E-state index contributed by atoms with van der Waals surface area (Å²) in [7, 11) is 2.07. The zero-order valence-corrected chi connectivity index (χ0v) is 19.9. The Labute approximate surface area is 204 Å². The largest absolute Gasteiger partial charge is 0.352 e. The van der Waals surface area contributed by atoms with Gasteiger partial charge in [0.15, 0.2) is 0 Å². The van der Waals surface area contributed by atoms with Crippen LogP contribution in [0.4, 0.5) is 17.6 Å². The van der Waals surface area contributed by atoms with Gasteiger partial charge in [-0.05, 0) is 32.0 Å². The number of fused-ring (bicyclic) bond motifs is 4. The van der Waals surface area contributed by atoms with Crippen molar-refractivity contribution in [2.45, 2.75) is 37.3 Å². The quantitative estimate of drug-likeness (QED) is 0.692. The van der Waals surface area contributed by atoms with Gasteiger partial charge in [-0.15, -0.1) is 0 Å². The number of hydrogen-bond donors (Lipinski definition) is 2. The molecule has 3 aliphatic heterocycles. The molecule has 4 aliphatic rings. The Morgan fingerprint density at radius 3 is 2.66 bits per heavy atom. The van der Waals surface area contributed by atoms with Crippen LogP contribution in [0, 0.1) is 0 Å². The number of nitrogens with zero attached hydrogens (tertiary/aromatic N) is 6. The molecule has 10 nitrogen and oxygen atoms in total. The Balaban J connectivity index is 1.22. The van der Waals surface area contributed by atoms with E-state index in [0.717, 1.165) is 63.2 Å². The second-order valence-electron chi connectivity index (χ2n) is 9.95. The molecular weight excluding hydrogens is 444 g/mol. The maximum atomic E-state index is 12.8. The van der Waals surface area contributed by atoms with Crippen LogP contribution in [-0.2, 0) is 4.79 Å². The minimum Gasteiger partial charge on any atom is -0.352 e. The average Bonchev–Trinajstić information content (AvgIpc) is 3.36. The predicted molar refractivity (Wildman–Crippen MR) is 132 cm³/mol. The zero-order chi connectivity index (χ0) is 24.0. The highest BCUT2D eigenvalue weighted by Crippen LogP contribution is 2.43. The third-order valence-electron chi connectivity index (χ3n) is 7.71. The molecule has 1 spiro atoms. The van der Waals surface area contributed by atoms with Crippen LogP contribution in [0.1, 0.15) is 41.6 Å². The van der Waals surface area contributed by atoms with Gasteiger partial charge < -0.3 is 25.3 Å². The van der Waals surface area contributed by atoms with Gasteiger partial charge in [-0.1, -0.05) is 25.0 Å². The molecule has 2 N–H and O–H groups in total. The molecule has 2 aromatic heterocycles. The Kier molecular flexibility index (Phi) is 5.40. The summed E-state index contributed by atoms with van der Waals surface area (Å²) in [6, 6.07) is 3.21. The van der Waals surface area contributed by atoms with Crippen molar-refractivity contribution >= 4 is 35.5 Å². The number of amides is 2. The Bertz CT molecular complexity index is 1170. The topological polar surface area (TPSA) is 107 Å². The summed E-state index contributed by atoms with van der Waals surface area (Å²) < 4.78 is 0. The van der Waals surface area contributed by atoms with Crippen molar-refractivity contribution in [2.24, 2.45) is 0 Å². The highest BCUT2D eigenvalue weighted by atomic mass is 16.2. The van der Waals surface area contributed by atoms with Crippen LogP contribution in [0.5, 0.6) is 0 Å². The van der Waals surface area contributed by atoms with Crippen molar-refractivity contribution in [3.8, 4) is 0 Å². The van der Waals surface area contributed by atoms with Gasteiger partial charge in [-0.3, -0.25) is 9.59 Å².